The zero-order valence-electron chi connectivity index (χ0n) is 11.0. The van der Waals surface area contributed by atoms with Crippen LogP contribution in [0, 0.1) is 0 Å². The summed E-state index contributed by atoms with van der Waals surface area (Å²) in [5.74, 6) is 0.409. The van der Waals surface area contributed by atoms with Crippen LogP contribution in [-0.4, -0.2) is 23.3 Å². The average molecular weight is 260 g/mol. The smallest absolute Gasteiger partial charge is 0.339 e. The van der Waals surface area contributed by atoms with Gasteiger partial charge < -0.3 is 14.6 Å². The summed E-state index contributed by atoms with van der Waals surface area (Å²) < 4.78 is 11.1. The van der Waals surface area contributed by atoms with Crippen molar-refractivity contribution in [3.8, 4) is 5.75 Å². The second kappa shape index (κ2) is 4.10. The lowest BCUT2D eigenvalue weighted by Crippen LogP contribution is -2.28. The standard InChI is InChI=1S/C15H16O4/c1-15(2)5-3-10-9(4-6-16)7-11-12(13(10)19-15)8-18-14(11)17/h3,5,7,16H,4,6,8H2,1-2H3. The Morgan fingerprint density at radius 2 is 2.21 bits per heavy atom. The molecule has 3 rings (SSSR count). The molecule has 4 heteroatoms. The molecule has 0 aliphatic carbocycles. The Bertz CT molecular complexity index is 584. The Kier molecular flexibility index (Phi) is 2.64. The summed E-state index contributed by atoms with van der Waals surface area (Å²) in [6.07, 6.45) is 4.49. The maximum absolute atomic E-state index is 11.7. The fourth-order valence-electron chi connectivity index (χ4n) is 2.52. The van der Waals surface area contributed by atoms with Gasteiger partial charge in [0.1, 0.15) is 18.0 Å². The van der Waals surface area contributed by atoms with E-state index in [2.05, 4.69) is 0 Å². The fourth-order valence-corrected chi connectivity index (χ4v) is 2.52. The Morgan fingerprint density at radius 1 is 1.42 bits per heavy atom. The number of hydrogen-bond acceptors (Lipinski definition) is 4. The number of aliphatic hydroxyl groups is 1. The van der Waals surface area contributed by atoms with Gasteiger partial charge >= 0.3 is 5.97 Å². The SMILES string of the molecule is CC1(C)C=Cc2c(CCO)cc3c(c2O1)COC3=O. The van der Waals surface area contributed by atoms with E-state index in [0.717, 1.165) is 22.4 Å². The highest BCUT2D eigenvalue weighted by atomic mass is 16.5. The molecule has 0 atom stereocenters. The normalized spacial score (nSPS) is 18.6. The predicted octanol–water partition coefficient (Wildman–Crippen LogP) is 2.08. The molecule has 0 saturated heterocycles. The molecule has 2 aliphatic rings. The van der Waals surface area contributed by atoms with Gasteiger partial charge in [0.2, 0.25) is 0 Å². The lowest BCUT2D eigenvalue weighted by Gasteiger charge is -2.30. The molecule has 4 nitrogen and oxygen atoms in total. The molecule has 1 N–H and O–H groups in total. The zero-order valence-corrected chi connectivity index (χ0v) is 11.0. The van der Waals surface area contributed by atoms with Crippen LogP contribution in [-0.2, 0) is 17.8 Å². The number of benzene rings is 1. The van der Waals surface area contributed by atoms with Crippen molar-refractivity contribution < 1.29 is 19.4 Å². The van der Waals surface area contributed by atoms with Crippen molar-refractivity contribution in [3.05, 3.63) is 34.4 Å². The highest BCUT2D eigenvalue weighted by molar-refractivity contribution is 5.95. The number of esters is 1. The lowest BCUT2D eigenvalue weighted by atomic mass is 9.92. The molecule has 1 aromatic carbocycles. The van der Waals surface area contributed by atoms with E-state index in [9.17, 15) is 4.79 Å². The first-order valence-electron chi connectivity index (χ1n) is 6.37. The number of ether oxygens (including phenoxy) is 2. The monoisotopic (exact) mass is 260 g/mol. The van der Waals surface area contributed by atoms with Crippen LogP contribution < -0.4 is 4.74 Å². The molecule has 2 heterocycles. The van der Waals surface area contributed by atoms with Crippen LogP contribution in [0.3, 0.4) is 0 Å². The number of hydrogen-bond donors (Lipinski definition) is 1. The highest BCUT2D eigenvalue weighted by Crippen LogP contribution is 2.41. The summed E-state index contributed by atoms with van der Waals surface area (Å²) >= 11 is 0. The number of carbonyl (C=O) groups is 1. The minimum Gasteiger partial charge on any atom is -0.483 e. The van der Waals surface area contributed by atoms with Crippen LogP contribution in [0.4, 0.5) is 0 Å². The van der Waals surface area contributed by atoms with Gasteiger partial charge in [-0.25, -0.2) is 4.79 Å². The van der Waals surface area contributed by atoms with Crippen LogP contribution >= 0.6 is 0 Å². The van der Waals surface area contributed by atoms with Gasteiger partial charge in [-0.05, 0) is 38.0 Å². The van der Waals surface area contributed by atoms with Crippen molar-refractivity contribution in [1.82, 2.24) is 0 Å². The molecule has 19 heavy (non-hydrogen) atoms. The van der Waals surface area contributed by atoms with Gasteiger partial charge in [0, 0.05) is 17.7 Å². The third-order valence-electron chi connectivity index (χ3n) is 3.47. The highest BCUT2D eigenvalue weighted by Gasteiger charge is 2.32. The molecule has 100 valence electrons. The van der Waals surface area contributed by atoms with E-state index >= 15 is 0 Å². The van der Waals surface area contributed by atoms with Crippen LogP contribution in [0.5, 0.6) is 5.75 Å². The van der Waals surface area contributed by atoms with Crippen molar-refractivity contribution in [2.75, 3.05) is 6.61 Å². The van der Waals surface area contributed by atoms with Gasteiger partial charge in [0.05, 0.1) is 5.56 Å². The van der Waals surface area contributed by atoms with Crippen molar-refractivity contribution in [2.24, 2.45) is 0 Å². The van der Waals surface area contributed by atoms with Crippen molar-refractivity contribution in [2.45, 2.75) is 32.5 Å². The minimum atomic E-state index is -0.399. The summed E-state index contributed by atoms with van der Waals surface area (Å²) in [7, 11) is 0. The first-order chi connectivity index (χ1) is 9.02. The summed E-state index contributed by atoms with van der Waals surface area (Å²) in [4.78, 5) is 11.7. The minimum absolute atomic E-state index is 0.0392. The number of cyclic esters (lactones) is 1. The van der Waals surface area contributed by atoms with E-state index in [1.165, 1.54) is 0 Å². The summed E-state index contributed by atoms with van der Waals surface area (Å²) in [6, 6.07) is 1.81. The number of aliphatic hydroxyl groups excluding tert-OH is 1. The van der Waals surface area contributed by atoms with Crippen molar-refractivity contribution in [1.29, 1.82) is 0 Å². The van der Waals surface area contributed by atoms with Crippen molar-refractivity contribution in [3.63, 3.8) is 0 Å². The molecule has 0 saturated carbocycles. The quantitative estimate of drug-likeness (QED) is 0.827. The average Bonchev–Trinajstić information content (AvgIpc) is 2.71. The van der Waals surface area contributed by atoms with Crippen molar-refractivity contribution >= 4 is 12.0 Å². The second-order valence-corrected chi connectivity index (χ2v) is 5.39. The lowest BCUT2D eigenvalue weighted by molar-refractivity contribution is 0.0532. The molecular weight excluding hydrogens is 244 g/mol. The fraction of sp³-hybridized carbons (Fsp3) is 0.400. The predicted molar refractivity (Wildman–Crippen MR) is 70.1 cm³/mol. The maximum Gasteiger partial charge on any atom is 0.339 e. The molecule has 0 fully saturated rings. The first kappa shape index (κ1) is 12.2. The Balaban J connectivity index is 2.21. The molecular formula is C15H16O4. The Morgan fingerprint density at radius 3 is 2.95 bits per heavy atom. The van der Waals surface area contributed by atoms with Crippen LogP contribution in [0.2, 0.25) is 0 Å². The molecule has 0 amide bonds. The van der Waals surface area contributed by atoms with E-state index in [1.807, 2.05) is 32.1 Å². The molecule has 1 aromatic rings. The third-order valence-corrected chi connectivity index (χ3v) is 3.47. The Hall–Kier alpha value is -1.81. The summed E-state index contributed by atoms with van der Waals surface area (Å²) in [6.45, 7) is 4.24. The second-order valence-electron chi connectivity index (χ2n) is 5.39. The topological polar surface area (TPSA) is 55.8 Å². The Labute approximate surface area is 111 Å². The molecule has 2 aliphatic heterocycles. The van der Waals surface area contributed by atoms with Gasteiger partial charge in [0.15, 0.2) is 0 Å². The first-order valence-corrected chi connectivity index (χ1v) is 6.37. The van der Waals surface area contributed by atoms with Gasteiger partial charge in [-0.15, -0.1) is 0 Å². The molecule has 0 unspecified atom stereocenters. The van der Waals surface area contributed by atoms with Gasteiger partial charge in [-0.3, -0.25) is 0 Å². The number of carbonyl (C=O) groups excluding carboxylic acids is 1. The number of rotatable bonds is 2. The van der Waals surface area contributed by atoms with Crippen LogP contribution in [0.15, 0.2) is 12.1 Å². The number of fused-ring (bicyclic) bond motifs is 3. The van der Waals surface area contributed by atoms with E-state index < -0.39 is 5.60 Å². The van der Waals surface area contributed by atoms with E-state index in [0.29, 0.717) is 12.0 Å². The van der Waals surface area contributed by atoms with E-state index in [1.54, 1.807) is 0 Å². The zero-order chi connectivity index (χ0) is 13.6. The maximum atomic E-state index is 11.7. The largest absolute Gasteiger partial charge is 0.483 e. The van der Waals surface area contributed by atoms with Gasteiger partial charge in [0.25, 0.3) is 0 Å². The van der Waals surface area contributed by atoms with Gasteiger partial charge in [-0.2, -0.15) is 0 Å². The molecule has 0 spiro atoms. The third kappa shape index (κ3) is 1.92. The van der Waals surface area contributed by atoms with E-state index in [-0.39, 0.29) is 19.2 Å². The summed E-state index contributed by atoms with van der Waals surface area (Å²) in [5, 5.41) is 9.16. The molecule has 0 bridgehead atoms. The molecule has 0 radical (unpaired) electrons. The van der Waals surface area contributed by atoms with Crippen LogP contribution in [0.1, 0.15) is 40.9 Å². The van der Waals surface area contributed by atoms with E-state index in [4.69, 9.17) is 14.6 Å². The van der Waals surface area contributed by atoms with Gasteiger partial charge in [-0.1, -0.05) is 6.08 Å². The molecule has 0 aromatic heterocycles. The van der Waals surface area contributed by atoms with Crippen LogP contribution in [0.25, 0.3) is 6.08 Å². The summed E-state index contributed by atoms with van der Waals surface area (Å²) in [5.41, 5.74) is 2.85.